The molecule has 0 fully saturated rings. The summed E-state index contributed by atoms with van der Waals surface area (Å²) in [5, 5.41) is 3.52. The average molecular weight is 435 g/mol. The number of rotatable bonds is 7. The number of carbonyl (C=O) groups is 2. The molecule has 0 saturated carbocycles. The third kappa shape index (κ3) is 6.15. The Kier molecular flexibility index (Phi) is 7.41. The second-order valence-corrected chi connectivity index (χ2v) is 8.29. The average Bonchev–Trinajstić information content (AvgIpc) is 2.76. The highest BCUT2D eigenvalue weighted by Gasteiger charge is 2.19. The molecule has 0 bridgehead atoms. The standard InChI is InChI=1S/C24H26N4O2S/c1-16-13-17(2)26-24(25-16)31-15-22(29)28(4)18(3)20-11-8-12-21(14-20)27-23(30)19-9-6-5-7-10-19/h5-14,18H,15H2,1-4H3,(H,27,30)/t18-/m1/s1. The number of hydrogen-bond donors (Lipinski definition) is 1. The van der Waals surface area contributed by atoms with E-state index >= 15 is 0 Å². The van der Waals surface area contributed by atoms with Crippen molar-refractivity contribution in [2.75, 3.05) is 18.1 Å². The molecule has 0 aliphatic rings. The van der Waals surface area contributed by atoms with Gasteiger partial charge in [-0.3, -0.25) is 9.59 Å². The molecule has 160 valence electrons. The summed E-state index contributed by atoms with van der Waals surface area (Å²) >= 11 is 1.34. The Bertz CT molecular complexity index is 1050. The Morgan fingerprint density at radius 1 is 1.00 bits per heavy atom. The maximum Gasteiger partial charge on any atom is 0.255 e. The van der Waals surface area contributed by atoms with Crippen LogP contribution in [0.15, 0.2) is 65.8 Å². The molecule has 1 aromatic heterocycles. The molecule has 1 N–H and O–H groups in total. The molecular weight excluding hydrogens is 408 g/mol. The monoisotopic (exact) mass is 434 g/mol. The van der Waals surface area contributed by atoms with E-state index in [2.05, 4.69) is 15.3 Å². The molecular formula is C24H26N4O2S. The Morgan fingerprint density at radius 3 is 2.35 bits per heavy atom. The van der Waals surface area contributed by atoms with Gasteiger partial charge in [0.2, 0.25) is 5.91 Å². The number of anilines is 1. The lowest BCUT2D eigenvalue weighted by molar-refractivity contribution is -0.128. The van der Waals surface area contributed by atoms with Crippen LogP contribution in [0.1, 0.15) is 40.3 Å². The second kappa shape index (κ2) is 10.2. The van der Waals surface area contributed by atoms with Crippen molar-refractivity contribution in [3.8, 4) is 0 Å². The molecule has 6 nitrogen and oxygen atoms in total. The molecule has 31 heavy (non-hydrogen) atoms. The number of thioether (sulfide) groups is 1. The molecule has 3 aromatic rings. The van der Waals surface area contributed by atoms with Crippen LogP contribution in [0.5, 0.6) is 0 Å². The van der Waals surface area contributed by atoms with Gasteiger partial charge in [-0.05, 0) is 56.7 Å². The maximum absolute atomic E-state index is 12.7. The Morgan fingerprint density at radius 2 is 1.68 bits per heavy atom. The van der Waals surface area contributed by atoms with Crippen LogP contribution in [0.2, 0.25) is 0 Å². The molecule has 7 heteroatoms. The van der Waals surface area contributed by atoms with Gasteiger partial charge in [-0.2, -0.15) is 0 Å². The van der Waals surface area contributed by atoms with Crippen LogP contribution in [-0.2, 0) is 4.79 Å². The number of aryl methyl sites for hydroxylation is 2. The van der Waals surface area contributed by atoms with Gasteiger partial charge in [0, 0.05) is 29.7 Å². The van der Waals surface area contributed by atoms with Gasteiger partial charge in [0.25, 0.3) is 5.91 Å². The summed E-state index contributed by atoms with van der Waals surface area (Å²) < 4.78 is 0. The number of amides is 2. The zero-order valence-electron chi connectivity index (χ0n) is 18.1. The van der Waals surface area contributed by atoms with E-state index in [1.165, 1.54) is 11.8 Å². The fourth-order valence-corrected chi connectivity index (χ4v) is 3.97. The Hall–Kier alpha value is -3.19. The van der Waals surface area contributed by atoms with E-state index < -0.39 is 0 Å². The van der Waals surface area contributed by atoms with Crippen LogP contribution in [0.3, 0.4) is 0 Å². The van der Waals surface area contributed by atoms with Gasteiger partial charge in [-0.15, -0.1) is 0 Å². The summed E-state index contributed by atoms with van der Waals surface area (Å²) in [7, 11) is 1.78. The fourth-order valence-electron chi connectivity index (χ4n) is 3.09. The lowest BCUT2D eigenvalue weighted by Crippen LogP contribution is -2.31. The zero-order valence-corrected chi connectivity index (χ0v) is 18.9. The van der Waals surface area contributed by atoms with Crippen LogP contribution >= 0.6 is 11.8 Å². The van der Waals surface area contributed by atoms with Gasteiger partial charge in [-0.1, -0.05) is 42.1 Å². The van der Waals surface area contributed by atoms with Crippen molar-refractivity contribution in [2.24, 2.45) is 0 Å². The quantitative estimate of drug-likeness (QED) is 0.432. The summed E-state index contributed by atoms with van der Waals surface area (Å²) in [6.07, 6.45) is 0. The first-order chi connectivity index (χ1) is 14.8. The first kappa shape index (κ1) is 22.5. The predicted molar refractivity (Wildman–Crippen MR) is 124 cm³/mol. The first-order valence-corrected chi connectivity index (χ1v) is 11.0. The van der Waals surface area contributed by atoms with Gasteiger partial charge >= 0.3 is 0 Å². The SMILES string of the molecule is Cc1cc(C)nc(SCC(=O)N(C)[C@H](C)c2cccc(NC(=O)c3ccccc3)c2)n1. The van der Waals surface area contributed by atoms with Gasteiger partial charge in [0.1, 0.15) is 0 Å². The molecule has 3 rings (SSSR count). The lowest BCUT2D eigenvalue weighted by Gasteiger charge is -2.25. The third-order valence-electron chi connectivity index (χ3n) is 4.92. The number of hydrogen-bond acceptors (Lipinski definition) is 5. The van der Waals surface area contributed by atoms with Gasteiger partial charge in [0.05, 0.1) is 11.8 Å². The molecule has 1 atom stereocenters. The molecule has 0 spiro atoms. The summed E-state index contributed by atoms with van der Waals surface area (Å²) in [5.74, 6) is 0.0763. The van der Waals surface area contributed by atoms with Crippen LogP contribution in [0.4, 0.5) is 5.69 Å². The highest BCUT2D eigenvalue weighted by atomic mass is 32.2. The van der Waals surface area contributed by atoms with Crippen LogP contribution in [0.25, 0.3) is 0 Å². The van der Waals surface area contributed by atoms with Gasteiger partial charge in [-0.25, -0.2) is 9.97 Å². The van der Waals surface area contributed by atoms with E-state index in [-0.39, 0.29) is 23.6 Å². The largest absolute Gasteiger partial charge is 0.338 e. The highest BCUT2D eigenvalue weighted by Crippen LogP contribution is 2.24. The van der Waals surface area contributed by atoms with Crippen molar-refractivity contribution in [3.05, 3.63) is 83.2 Å². The Labute approximate surface area is 187 Å². The topological polar surface area (TPSA) is 75.2 Å². The first-order valence-electron chi connectivity index (χ1n) is 10.0. The molecule has 2 aromatic carbocycles. The number of benzene rings is 2. The number of nitrogens with zero attached hydrogens (tertiary/aromatic N) is 3. The molecule has 0 radical (unpaired) electrons. The van der Waals surface area contributed by atoms with E-state index in [0.29, 0.717) is 16.4 Å². The zero-order chi connectivity index (χ0) is 22.4. The van der Waals surface area contributed by atoms with E-state index in [4.69, 9.17) is 0 Å². The van der Waals surface area contributed by atoms with Crippen LogP contribution in [0, 0.1) is 13.8 Å². The summed E-state index contributed by atoms with van der Waals surface area (Å²) in [5.41, 5.74) is 4.00. The lowest BCUT2D eigenvalue weighted by atomic mass is 10.1. The van der Waals surface area contributed by atoms with E-state index in [0.717, 1.165) is 17.0 Å². The third-order valence-corrected chi connectivity index (χ3v) is 5.76. The second-order valence-electron chi connectivity index (χ2n) is 7.35. The minimum Gasteiger partial charge on any atom is -0.338 e. The normalized spacial score (nSPS) is 11.6. The van der Waals surface area contributed by atoms with Crippen LogP contribution < -0.4 is 5.32 Å². The van der Waals surface area contributed by atoms with Crippen molar-refractivity contribution in [1.29, 1.82) is 0 Å². The van der Waals surface area contributed by atoms with Crippen molar-refractivity contribution < 1.29 is 9.59 Å². The summed E-state index contributed by atoms with van der Waals surface area (Å²) in [6.45, 7) is 5.80. The minimum absolute atomic E-state index is 0.0148. The highest BCUT2D eigenvalue weighted by molar-refractivity contribution is 7.99. The van der Waals surface area contributed by atoms with Crippen molar-refractivity contribution in [1.82, 2.24) is 14.9 Å². The number of aromatic nitrogens is 2. The van der Waals surface area contributed by atoms with Gasteiger partial charge < -0.3 is 10.2 Å². The smallest absolute Gasteiger partial charge is 0.255 e. The van der Waals surface area contributed by atoms with Crippen molar-refractivity contribution >= 4 is 29.3 Å². The van der Waals surface area contributed by atoms with Crippen LogP contribution in [-0.4, -0.2) is 39.5 Å². The molecule has 0 aliphatic carbocycles. The maximum atomic E-state index is 12.7. The van der Waals surface area contributed by atoms with Crippen molar-refractivity contribution in [2.45, 2.75) is 32.0 Å². The summed E-state index contributed by atoms with van der Waals surface area (Å²) in [4.78, 5) is 35.6. The van der Waals surface area contributed by atoms with E-state index in [9.17, 15) is 9.59 Å². The minimum atomic E-state index is -0.167. The number of carbonyl (C=O) groups excluding carboxylic acids is 2. The molecule has 2 amide bonds. The fraction of sp³-hybridized carbons (Fsp3) is 0.250. The number of nitrogens with one attached hydrogen (secondary N) is 1. The van der Waals surface area contributed by atoms with Gasteiger partial charge in [0.15, 0.2) is 5.16 Å². The molecule has 0 aliphatic heterocycles. The van der Waals surface area contributed by atoms with Crippen molar-refractivity contribution in [3.63, 3.8) is 0 Å². The summed E-state index contributed by atoms with van der Waals surface area (Å²) in [6, 6.07) is 18.4. The molecule has 1 heterocycles. The molecule has 0 saturated heterocycles. The van der Waals surface area contributed by atoms with E-state index in [1.807, 2.05) is 69.3 Å². The van der Waals surface area contributed by atoms with E-state index in [1.54, 1.807) is 24.1 Å². The predicted octanol–water partition coefficient (Wildman–Crippen LogP) is 4.66. The Balaban J connectivity index is 1.63. The molecule has 0 unspecified atom stereocenters.